The summed E-state index contributed by atoms with van der Waals surface area (Å²) < 4.78 is 12.6. The van der Waals surface area contributed by atoms with Crippen molar-refractivity contribution in [3.8, 4) is 23.7 Å². The van der Waals surface area contributed by atoms with E-state index in [4.69, 9.17) is 0 Å². The van der Waals surface area contributed by atoms with Crippen LogP contribution in [0, 0.1) is 29.5 Å². The van der Waals surface area contributed by atoms with Gasteiger partial charge in [-0.25, -0.2) is 4.39 Å². The fourth-order valence-electron chi connectivity index (χ4n) is 1.31. The molecule has 0 unspecified atom stereocenters. The summed E-state index contributed by atoms with van der Waals surface area (Å²) in [6.07, 6.45) is 0. The Labute approximate surface area is 107 Å². The highest BCUT2D eigenvalue weighted by molar-refractivity contribution is 5.94. The minimum Gasteiger partial charge on any atom is -0.332 e. The third-order valence-electron chi connectivity index (χ3n) is 2.33. The van der Waals surface area contributed by atoms with E-state index in [-0.39, 0.29) is 11.7 Å². The molecule has 2 nitrogen and oxygen atoms in total. The minimum absolute atomic E-state index is 0.228. The maximum atomic E-state index is 12.6. The minimum atomic E-state index is -0.302. The van der Waals surface area contributed by atoms with Gasteiger partial charge < -0.3 is 4.90 Å². The Morgan fingerprint density at radius 3 is 2.33 bits per heavy atom. The van der Waals surface area contributed by atoms with Gasteiger partial charge in [-0.05, 0) is 50.0 Å². The molecule has 0 aliphatic heterocycles. The molecule has 0 aromatic heterocycles. The Kier molecular flexibility index (Phi) is 5.48. The summed E-state index contributed by atoms with van der Waals surface area (Å²) in [7, 11) is 0. The van der Waals surface area contributed by atoms with Gasteiger partial charge in [-0.3, -0.25) is 4.79 Å². The van der Waals surface area contributed by atoms with Crippen LogP contribution in [-0.4, -0.2) is 23.9 Å². The normalized spacial score (nSPS) is 8.61. The fraction of sp³-hybridized carbons (Fsp3) is 0.267. The van der Waals surface area contributed by atoms with Crippen molar-refractivity contribution in [3.63, 3.8) is 0 Å². The van der Waals surface area contributed by atoms with Crippen molar-refractivity contribution in [2.24, 2.45) is 0 Å². The second-order valence-corrected chi connectivity index (χ2v) is 3.48. The monoisotopic (exact) mass is 243 g/mol. The molecular weight excluding hydrogens is 229 g/mol. The van der Waals surface area contributed by atoms with E-state index in [0.29, 0.717) is 18.7 Å². The lowest BCUT2D eigenvalue weighted by Crippen LogP contribution is -2.28. The van der Waals surface area contributed by atoms with Crippen molar-refractivity contribution in [1.82, 2.24) is 4.90 Å². The highest BCUT2D eigenvalue weighted by Crippen LogP contribution is 2.00. The molecule has 0 aliphatic rings. The van der Waals surface area contributed by atoms with Gasteiger partial charge in [-0.15, -0.1) is 0 Å². The largest absolute Gasteiger partial charge is 0.332 e. The zero-order valence-corrected chi connectivity index (χ0v) is 10.5. The lowest BCUT2D eigenvalue weighted by atomic mass is 10.2. The predicted octanol–water partition coefficient (Wildman–Crippen LogP) is 2.05. The van der Waals surface area contributed by atoms with Crippen LogP contribution in [0.1, 0.15) is 19.4 Å². The number of halogens is 1. The maximum Gasteiger partial charge on any atom is 0.299 e. The lowest BCUT2D eigenvalue weighted by Gasteiger charge is -2.13. The molecule has 3 heteroatoms. The van der Waals surface area contributed by atoms with E-state index in [1.54, 1.807) is 17.0 Å². The summed E-state index contributed by atoms with van der Waals surface area (Å²) in [5.41, 5.74) is 0.668. The molecule has 0 N–H and O–H groups in total. The molecule has 1 rings (SSSR count). The number of benzene rings is 1. The molecule has 0 saturated heterocycles. The van der Waals surface area contributed by atoms with Gasteiger partial charge in [0.15, 0.2) is 0 Å². The van der Waals surface area contributed by atoms with Crippen molar-refractivity contribution in [3.05, 3.63) is 35.6 Å². The van der Waals surface area contributed by atoms with E-state index in [0.717, 1.165) is 0 Å². The summed E-state index contributed by atoms with van der Waals surface area (Å²) in [5, 5.41) is 0. The first-order valence-corrected chi connectivity index (χ1v) is 5.73. The van der Waals surface area contributed by atoms with Gasteiger partial charge in [-0.1, -0.05) is 5.92 Å². The number of carbonyl (C=O) groups excluding carboxylic acids is 1. The van der Waals surface area contributed by atoms with E-state index < -0.39 is 0 Å². The Bertz CT molecular complexity index is 522. The Balaban J connectivity index is 2.66. The number of nitrogens with zero attached hydrogens (tertiary/aromatic N) is 1. The first kappa shape index (κ1) is 13.8. The highest BCUT2D eigenvalue weighted by atomic mass is 19.1. The standard InChI is InChI=1S/C15H14FNO/c1-3-17(4-2)15(18)8-6-5-7-13-9-11-14(16)12-10-13/h9-12H,3-4H2,1-2H3. The Hall–Kier alpha value is -2.26. The molecule has 92 valence electrons. The van der Waals surface area contributed by atoms with Crippen molar-refractivity contribution in [1.29, 1.82) is 0 Å². The second kappa shape index (κ2) is 7.14. The van der Waals surface area contributed by atoms with Crippen LogP contribution in [0.25, 0.3) is 0 Å². The van der Waals surface area contributed by atoms with Gasteiger partial charge in [0.25, 0.3) is 5.91 Å². The number of carbonyl (C=O) groups is 1. The fourth-order valence-corrected chi connectivity index (χ4v) is 1.31. The summed E-state index contributed by atoms with van der Waals surface area (Å²) >= 11 is 0. The molecule has 0 aliphatic carbocycles. The van der Waals surface area contributed by atoms with E-state index in [2.05, 4.69) is 23.7 Å². The SMILES string of the molecule is CCN(CC)C(=O)C#CC#Cc1ccc(F)cc1. The molecule has 0 atom stereocenters. The number of hydrogen-bond donors (Lipinski definition) is 0. The smallest absolute Gasteiger partial charge is 0.299 e. The van der Waals surface area contributed by atoms with Crippen LogP contribution in [0.4, 0.5) is 4.39 Å². The Morgan fingerprint density at radius 2 is 1.78 bits per heavy atom. The molecule has 0 bridgehead atoms. The number of hydrogen-bond acceptors (Lipinski definition) is 1. The third kappa shape index (κ3) is 4.31. The van der Waals surface area contributed by atoms with Crippen LogP contribution in [0.2, 0.25) is 0 Å². The average molecular weight is 243 g/mol. The van der Waals surface area contributed by atoms with Crippen LogP contribution in [0.5, 0.6) is 0 Å². The molecule has 1 amide bonds. The van der Waals surface area contributed by atoms with Crippen molar-refractivity contribution >= 4 is 5.91 Å². The summed E-state index contributed by atoms with van der Waals surface area (Å²) in [6, 6.07) is 5.80. The molecule has 0 saturated carbocycles. The third-order valence-corrected chi connectivity index (χ3v) is 2.33. The zero-order chi connectivity index (χ0) is 13.4. The number of rotatable bonds is 2. The first-order chi connectivity index (χ1) is 8.67. The molecule has 1 aromatic rings. The lowest BCUT2D eigenvalue weighted by molar-refractivity contribution is -0.124. The molecule has 18 heavy (non-hydrogen) atoms. The van der Waals surface area contributed by atoms with Crippen LogP contribution >= 0.6 is 0 Å². The maximum absolute atomic E-state index is 12.6. The second-order valence-electron chi connectivity index (χ2n) is 3.48. The Morgan fingerprint density at radius 1 is 1.17 bits per heavy atom. The summed E-state index contributed by atoms with van der Waals surface area (Å²) in [5.74, 6) is 9.74. The van der Waals surface area contributed by atoms with Crippen molar-refractivity contribution in [2.45, 2.75) is 13.8 Å². The molecular formula is C15H14FNO. The van der Waals surface area contributed by atoms with Crippen molar-refractivity contribution in [2.75, 3.05) is 13.1 Å². The molecule has 1 aromatic carbocycles. The molecule has 0 heterocycles. The molecule has 0 spiro atoms. The topological polar surface area (TPSA) is 20.3 Å². The van der Waals surface area contributed by atoms with Crippen LogP contribution < -0.4 is 0 Å². The van der Waals surface area contributed by atoms with Crippen LogP contribution in [-0.2, 0) is 4.79 Å². The van der Waals surface area contributed by atoms with Gasteiger partial charge in [0.2, 0.25) is 0 Å². The molecule has 0 radical (unpaired) electrons. The summed E-state index contributed by atoms with van der Waals surface area (Å²) in [6.45, 7) is 5.06. The quantitative estimate of drug-likeness (QED) is 0.728. The molecule has 0 fully saturated rings. The van der Waals surface area contributed by atoms with Gasteiger partial charge in [0.05, 0.1) is 0 Å². The van der Waals surface area contributed by atoms with Gasteiger partial charge in [0, 0.05) is 24.6 Å². The van der Waals surface area contributed by atoms with E-state index >= 15 is 0 Å². The van der Waals surface area contributed by atoms with E-state index in [1.807, 2.05) is 13.8 Å². The first-order valence-electron chi connectivity index (χ1n) is 5.73. The van der Waals surface area contributed by atoms with Gasteiger partial charge in [-0.2, -0.15) is 0 Å². The van der Waals surface area contributed by atoms with Gasteiger partial charge >= 0.3 is 0 Å². The van der Waals surface area contributed by atoms with Crippen LogP contribution in [0.15, 0.2) is 24.3 Å². The highest BCUT2D eigenvalue weighted by Gasteiger charge is 2.03. The predicted molar refractivity (Wildman–Crippen MR) is 69.0 cm³/mol. The summed E-state index contributed by atoms with van der Waals surface area (Å²) in [4.78, 5) is 13.1. The van der Waals surface area contributed by atoms with Crippen molar-refractivity contribution < 1.29 is 9.18 Å². The van der Waals surface area contributed by atoms with Crippen LogP contribution in [0.3, 0.4) is 0 Å². The van der Waals surface area contributed by atoms with Gasteiger partial charge in [0.1, 0.15) is 5.82 Å². The van der Waals surface area contributed by atoms with E-state index in [1.165, 1.54) is 12.1 Å². The van der Waals surface area contributed by atoms with E-state index in [9.17, 15) is 9.18 Å². The zero-order valence-electron chi connectivity index (χ0n) is 10.5. The number of amides is 1. The average Bonchev–Trinajstić information content (AvgIpc) is 2.38.